The Hall–Kier alpha value is -1.02. The van der Waals surface area contributed by atoms with Gasteiger partial charge in [0.15, 0.2) is 0 Å². The van der Waals surface area contributed by atoms with E-state index in [1.165, 1.54) is 24.0 Å². The number of benzene rings is 1. The average molecular weight is 233 g/mol. The first-order valence-electron chi connectivity index (χ1n) is 6.47. The van der Waals surface area contributed by atoms with E-state index in [2.05, 4.69) is 19.1 Å². The van der Waals surface area contributed by atoms with Gasteiger partial charge in [-0.25, -0.2) is 0 Å². The monoisotopic (exact) mass is 233 g/mol. The topological polar surface area (TPSA) is 29.5 Å². The molecule has 0 unspecified atom stereocenters. The summed E-state index contributed by atoms with van der Waals surface area (Å²) in [7, 11) is 0. The maximum atomic E-state index is 9.30. The number of aliphatic hydroxyl groups is 1. The molecule has 1 aliphatic rings. The van der Waals surface area contributed by atoms with Gasteiger partial charge in [-0.1, -0.05) is 26.0 Å². The van der Waals surface area contributed by atoms with Gasteiger partial charge in [0, 0.05) is 11.5 Å². The smallest absolute Gasteiger partial charge is 0.123 e. The molecule has 2 rings (SSSR count). The van der Waals surface area contributed by atoms with Crippen molar-refractivity contribution < 1.29 is 9.84 Å². The minimum Gasteiger partial charge on any atom is -0.493 e. The first kappa shape index (κ1) is 12.4. The lowest BCUT2D eigenvalue weighted by atomic mass is 9.93. The molecular weight excluding hydrogens is 212 g/mol. The maximum Gasteiger partial charge on any atom is 0.123 e. The van der Waals surface area contributed by atoms with Crippen LogP contribution in [0.3, 0.4) is 0 Å². The van der Waals surface area contributed by atoms with E-state index in [9.17, 15) is 5.11 Å². The molecule has 0 atom stereocenters. The zero-order valence-electron chi connectivity index (χ0n) is 10.7. The van der Waals surface area contributed by atoms with Crippen molar-refractivity contribution in [3.8, 4) is 5.75 Å². The van der Waals surface area contributed by atoms with Crippen LogP contribution in [0.2, 0.25) is 0 Å². The molecule has 0 heterocycles. The fraction of sp³-hybridized carbons (Fsp3) is 0.533. The molecule has 0 bridgehead atoms. The van der Waals surface area contributed by atoms with Crippen LogP contribution < -0.4 is 4.74 Å². The third kappa shape index (κ3) is 2.81. The summed E-state index contributed by atoms with van der Waals surface area (Å²) in [6.45, 7) is 4.99. The second-order valence-electron chi connectivity index (χ2n) is 4.78. The van der Waals surface area contributed by atoms with Gasteiger partial charge in [0.25, 0.3) is 0 Å². The summed E-state index contributed by atoms with van der Waals surface area (Å²) < 4.78 is 5.83. The van der Waals surface area contributed by atoms with E-state index in [1.807, 2.05) is 13.0 Å². The Kier molecular flexibility index (Phi) is 4.06. The molecule has 2 nitrogen and oxygen atoms in total. The zero-order chi connectivity index (χ0) is 12.3. The highest BCUT2D eigenvalue weighted by Gasteiger charge is 2.30. The molecule has 1 saturated carbocycles. The largest absolute Gasteiger partial charge is 0.493 e. The standard InChI is InChI=1S/C15H21O2/c1-3-9-17-14-6-4-5-13(11(2)10-16)15(14)12-7-8-12/h4-6,12,16H,3,7-10H2,1-2H3. The van der Waals surface area contributed by atoms with Crippen molar-refractivity contribution in [2.75, 3.05) is 13.2 Å². The fourth-order valence-electron chi connectivity index (χ4n) is 2.13. The quantitative estimate of drug-likeness (QED) is 0.817. The van der Waals surface area contributed by atoms with Gasteiger partial charge in [-0.3, -0.25) is 0 Å². The van der Waals surface area contributed by atoms with Crippen LogP contribution >= 0.6 is 0 Å². The number of hydrogen-bond acceptors (Lipinski definition) is 2. The highest BCUT2D eigenvalue weighted by atomic mass is 16.5. The van der Waals surface area contributed by atoms with Gasteiger partial charge < -0.3 is 9.84 Å². The summed E-state index contributed by atoms with van der Waals surface area (Å²) in [6, 6.07) is 6.17. The molecule has 2 heteroatoms. The van der Waals surface area contributed by atoms with Crippen LogP contribution in [-0.4, -0.2) is 18.3 Å². The SMILES string of the molecule is CCCOc1cccc([C](C)CO)c1C1CC1. The van der Waals surface area contributed by atoms with Gasteiger partial charge in [-0.2, -0.15) is 0 Å². The molecule has 0 aromatic heterocycles. The summed E-state index contributed by atoms with van der Waals surface area (Å²) in [5.74, 6) is 2.69. The van der Waals surface area contributed by atoms with Crippen LogP contribution in [0.15, 0.2) is 18.2 Å². The Morgan fingerprint density at radius 2 is 2.18 bits per heavy atom. The Balaban J connectivity index is 2.31. The third-order valence-electron chi connectivity index (χ3n) is 3.21. The predicted molar refractivity (Wildman–Crippen MR) is 69.3 cm³/mol. The number of aliphatic hydroxyl groups excluding tert-OH is 1. The maximum absolute atomic E-state index is 9.30. The summed E-state index contributed by atoms with van der Waals surface area (Å²) >= 11 is 0. The minimum absolute atomic E-state index is 0.122. The third-order valence-corrected chi connectivity index (χ3v) is 3.21. The van der Waals surface area contributed by atoms with Crippen LogP contribution in [-0.2, 0) is 0 Å². The summed E-state index contributed by atoms with van der Waals surface area (Å²) in [4.78, 5) is 0. The van der Waals surface area contributed by atoms with Crippen molar-refractivity contribution in [1.29, 1.82) is 0 Å². The molecule has 1 aromatic rings. The van der Waals surface area contributed by atoms with E-state index in [-0.39, 0.29) is 6.61 Å². The molecule has 0 amide bonds. The highest BCUT2D eigenvalue weighted by molar-refractivity contribution is 5.50. The number of ether oxygens (including phenoxy) is 1. The van der Waals surface area contributed by atoms with E-state index >= 15 is 0 Å². The van der Waals surface area contributed by atoms with Gasteiger partial charge >= 0.3 is 0 Å². The van der Waals surface area contributed by atoms with Crippen LogP contribution in [0.1, 0.15) is 50.2 Å². The molecule has 1 aromatic carbocycles. The van der Waals surface area contributed by atoms with Crippen LogP contribution in [0, 0.1) is 5.92 Å². The number of hydrogen-bond donors (Lipinski definition) is 1. The van der Waals surface area contributed by atoms with Crippen molar-refractivity contribution in [2.45, 2.75) is 39.0 Å². The Morgan fingerprint density at radius 3 is 2.76 bits per heavy atom. The normalized spacial score (nSPS) is 15.3. The first-order chi connectivity index (χ1) is 8.27. The zero-order valence-corrected chi connectivity index (χ0v) is 10.7. The van der Waals surface area contributed by atoms with E-state index in [4.69, 9.17) is 4.74 Å². The van der Waals surface area contributed by atoms with E-state index in [0.29, 0.717) is 5.92 Å². The van der Waals surface area contributed by atoms with E-state index in [0.717, 1.165) is 24.7 Å². The Bertz CT molecular complexity index is 369. The predicted octanol–water partition coefficient (Wildman–Crippen LogP) is 3.29. The van der Waals surface area contributed by atoms with Crippen molar-refractivity contribution in [3.63, 3.8) is 0 Å². The molecule has 17 heavy (non-hydrogen) atoms. The van der Waals surface area contributed by atoms with E-state index in [1.54, 1.807) is 0 Å². The summed E-state index contributed by atoms with van der Waals surface area (Å²) in [6.07, 6.45) is 3.52. The summed E-state index contributed by atoms with van der Waals surface area (Å²) in [5, 5.41) is 9.30. The van der Waals surface area contributed by atoms with Gasteiger partial charge in [0.1, 0.15) is 5.75 Å². The van der Waals surface area contributed by atoms with Gasteiger partial charge in [-0.15, -0.1) is 0 Å². The van der Waals surface area contributed by atoms with Crippen LogP contribution in [0.4, 0.5) is 0 Å². The van der Waals surface area contributed by atoms with Crippen molar-refractivity contribution in [2.24, 2.45) is 0 Å². The van der Waals surface area contributed by atoms with Crippen molar-refractivity contribution in [3.05, 3.63) is 35.2 Å². The highest BCUT2D eigenvalue weighted by Crippen LogP contribution is 2.47. The minimum atomic E-state index is 0.122. The summed E-state index contributed by atoms with van der Waals surface area (Å²) in [5.41, 5.74) is 2.50. The molecular formula is C15H21O2. The van der Waals surface area contributed by atoms with Gasteiger partial charge in [0.2, 0.25) is 0 Å². The average Bonchev–Trinajstić information content (AvgIpc) is 3.19. The number of rotatable bonds is 6. The second-order valence-corrected chi connectivity index (χ2v) is 4.78. The van der Waals surface area contributed by atoms with Crippen LogP contribution in [0.5, 0.6) is 5.75 Å². The Labute approximate surface area is 104 Å². The lowest BCUT2D eigenvalue weighted by molar-refractivity contribution is 0.309. The van der Waals surface area contributed by atoms with Crippen molar-refractivity contribution in [1.82, 2.24) is 0 Å². The molecule has 1 N–H and O–H groups in total. The lowest BCUT2D eigenvalue weighted by Gasteiger charge is -2.18. The molecule has 1 radical (unpaired) electrons. The lowest BCUT2D eigenvalue weighted by Crippen LogP contribution is -2.06. The van der Waals surface area contributed by atoms with Crippen molar-refractivity contribution >= 4 is 0 Å². The molecule has 93 valence electrons. The fourth-order valence-corrected chi connectivity index (χ4v) is 2.13. The molecule has 0 aliphatic heterocycles. The van der Waals surface area contributed by atoms with E-state index < -0.39 is 0 Å². The first-order valence-corrected chi connectivity index (χ1v) is 6.47. The molecule has 1 aliphatic carbocycles. The van der Waals surface area contributed by atoms with Gasteiger partial charge in [0.05, 0.1) is 13.2 Å². The van der Waals surface area contributed by atoms with Crippen LogP contribution in [0.25, 0.3) is 0 Å². The molecule has 0 spiro atoms. The Morgan fingerprint density at radius 1 is 1.41 bits per heavy atom. The van der Waals surface area contributed by atoms with Gasteiger partial charge in [-0.05, 0) is 36.8 Å². The second kappa shape index (κ2) is 5.54. The molecule has 1 fully saturated rings. The molecule has 0 saturated heterocycles.